The molecule has 0 bridgehead atoms. The summed E-state index contributed by atoms with van der Waals surface area (Å²) >= 11 is 0. The van der Waals surface area contributed by atoms with Gasteiger partial charge in [-0.1, -0.05) is 97.1 Å². The first-order chi connectivity index (χ1) is 17.6. The van der Waals surface area contributed by atoms with E-state index in [0.29, 0.717) is 0 Å². The molecule has 1 saturated carbocycles. The van der Waals surface area contributed by atoms with E-state index in [2.05, 4.69) is 111 Å². The number of fused-ring (bicyclic) bond motifs is 4. The summed E-state index contributed by atoms with van der Waals surface area (Å²) < 4.78 is 2.92. The molecule has 0 amide bonds. The van der Waals surface area contributed by atoms with Gasteiger partial charge in [-0.05, 0) is 111 Å². The predicted octanol–water partition coefficient (Wildman–Crippen LogP) is 9.74. The predicted molar refractivity (Wildman–Crippen MR) is 172 cm³/mol. The third-order valence-electron chi connectivity index (χ3n) is 10.1. The van der Waals surface area contributed by atoms with Crippen molar-refractivity contribution in [3.8, 4) is 0 Å². The molecule has 1 fully saturated rings. The number of hydrogen-bond donors (Lipinski definition) is 0. The van der Waals surface area contributed by atoms with Crippen molar-refractivity contribution >= 4 is 15.3 Å². The zero-order valence-electron chi connectivity index (χ0n) is 26.9. The molecule has 0 radical (unpaired) electrons. The number of allylic oxidation sites excluding steroid dienone is 4. The minimum atomic E-state index is -0.399. The molecule has 3 atom stereocenters. The highest BCUT2D eigenvalue weighted by molar-refractivity contribution is 6.35. The molecule has 1 aromatic carbocycles. The topological polar surface area (TPSA) is 3.24 Å². The van der Waals surface area contributed by atoms with Crippen LogP contribution in [0, 0.1) is 11.8 Å². The molecule has 0 N–H and O–H groups in total. The van der Waals surface area contributed by atoms with Gasteiger partial charge in [-0.2, -0.15) is 0 Å². The Balaban J connectivity index is 1.81. The normalized spacial score (nSPS) is 25.0. The van der Waals surface area contributed by atoms with Crippen molar-refractivity contribution in [2.75, 3.05) is 0 Å². The first kappa shape index (κ1) is 29.8. The fourth-order valence-corrected chi connectivity index (χ4v) is 11.0. The molecule has 0 saturated heterocycles. The maximum atomic E-state index is 2.92. The van der Waals surface area contributed by atoms with Crippen molar-refractivity contribution in [3.63, 3.8) is 0 Å². The molecule has 0 aromatic heterocycles. The Labute approximate surface area is 238 Å². The maximum Gasteiger partial charge on any atom is 0.1000 e. The molecule has 0 aliphatic heterocycles. The largest absolute Gasteiger partial charge is 0.320 e. The van der Waals surface area contributed by atoms with Gasteiger partial charge in [0.1, 0.15) is 0 Å². The lowest BCUT2D eigenvalue weighted by Crippen LogP contribution is -2.55. The Kier molecular flexibility index (Phi) is 8.40. The second-order valence-electron chi connectivity index (χ2n) is 16.0. The van der Waals surface area contributed by atoms with Crippen LogP contribution in [0.5, 0.6) is 0 Å². The SMILES string of the molecule is CCCCC1(CCCC)C2=CC3C(C=C2c2ccc(C(C)(C)C)cc21)CCC3[SiH2]N(C(C)(C)C)C(C)(C)C. The zero-order chi connectivity index (χ0) is 28.1. The van der Waals surface area contributed by atoms with Crippen LogP contribution >= 0.6 is 0 Å². The van der Waals surface area contributed by atoms with Gasteiger partial charge in [-0.15, -0.1) is 0 Å². The summed E-state index contributed by atoms with van der Waals surface area (Å²) in [7, 11) is -0.399. The third-order valence-corrected chi connectivity index (χ3v) is 13.8. The quantitative estimate of drug-likeness (QED) is 0.301. The molecule has 3 unspecified atom stereocenters. The molecule has 0 heterocycles. The van der Waals surface area contributed by atoms with E-state index in [0.717, 1.165) is 17.4 Å². The lowest BCUT2D eigenvalue weighted by Gasteiger charge is -2.47. The van der Waals surface area contributed by atoms with Gasteiger partial charge in [0.15, 0.2) is 0 Å². The van der Waals surface area contributed by atoms with E-state index in [1.54, 1.807) is 22.3 Å². The standard InChI is InChI=1S/C36H59NSi/c1-12-14-20-36(21-15-13-2)30-23-26(33(3,4)5)17-18-27(30)29-22-25-16-19-32(28(25)24-31(29)36)38-37(34(6,7)8)35(9,10)11/h17-18,22-25,28,32H,12-16,19-21,38H2,1-11H3. The van der Waals surface area contributed by atoms with Gasteiger partial charge in [-0.25, -0.2) is 0 Å². The van der Waals surface area contributed by atoms with Gasteiger partial charge in [0.25, 0.3) is 0 Å². The molecule has 1 aromatic rings. The molecule has 4 rings (SSSR count). The second kappa shape index (κ2) is 10.7. The maximum absolute atomic E-state index is 2.92. The number of nitrogens with zero attached hydrogens (tertiary/aromatic N) is 1. The third kappa shape index (κ3) is 5.56. The van der Waals surface area contributed by atoms with Crippen LogP contribution in [0.2, 0.25) is 5.54 Å². The van der Waals surface area contributed by atoms with Crippen LogP contribution in [0.3, 0.4) is 0 Å². The molecule has 1 nitrogen and oxygen atoms in total. The summed E-state index contributed by atoms with van der Waals surface area (Å²) in [5.41, 5.74) is 9.86. The second-order valence-corrected chi connectivity index (χ2v) is 18.0. The van der Waals surface area contributed by atoms with E-state index in [1.165, 1.54) is 56.9 Å². The Bertz CT molecular complexity index is 1030. The summed E-state index contributed by atoms with van der Waals surface area (Å²) in [5, 5.41) is 0. The molecule has 212 valence electrons. The molecule has 2 heteroatoms. The fraction of sp³-hybridized carbons (Fsp3) is 0.722. The Morgan fingerprint density at radius 2 is 1.45 bits per heavy atom. The van der Waals surface area contributed by atoms with Gasteiger partial charge in [0.05, 0.1) is 9.68 Å². The van der Waals surface area contributed by atoms with Crippen molar-refractivity contribution in [3.05, 3.63) is 52.6 Å². The van der Waals surface area contributed by atoms with Crippen LogP contribution in [-0.4, -0.2) is 25.3 Å². The minimum Gasteiger partial charge on any atom is -0.320 e. The van der Waals surface area contributed by atoms with Gasteiger partial charge < -0.3 is 4.57 Å². The molecular formula is C36H59NSi. The summed E-state index contributed by atoms with van der Waals surface area (Å²) in [6.45, 7) is 26.5. The molecule has 3 aliphatic rings. The highest BCUT2D eigenvalue weighted by Gasteiger charge is 2.49. The highest BCUT2D eigenvalue weighted by Crippen LogP contribution is 2.60. The number of hydrogen-bond acceptors (Lipinski definition) is 1. The summed E-state index contributed by atoms with van der Waals surface area (Å²) in [6.07, 6.45) is 16.3. The number of unbranched alkanes of at least 4 members (excludes halogenated alkanes) is 2. The summed E-state index contributed by atoms with van der Waals surface area (Å²) in [5.74, 6) is 1.47. The van der Waals surface area contributed by atoms with Gasteiger partial charge >= 0.3 is 0 Å². The molecular weight excluding hydrogens is 474 g/mol. The van der Waals surface area contributed by atoms with Crippen LogP contribution in [0.1, 0.15) is 144 Å². The van der Waals surface area contributed by atoms with E-state index >= 15 is 0 Å². The Hall–Kier alpha value is -1.12. The average molecular weight is 534 g/mol. The minimum absolute atomic E-state index is 0.184. The molecule has 3 aliphatic carbocycles. The lowest BCUT2D eigenvalue weighted by molar-refractivity contribution is 0.136. The zero-order valence-corrected chi connectivity index (χ0v) is 28.3. The van der Waals surface area contributed by atoms with Crippen LogP contribution in [0.15, 0.2) is 35.9 Å². The van der Waals surface area contributed by atoms with E-state index < -0.39 is 9.68 Å². The average Bonchev–Trinajstić information content (AvgIpc) is 3.33. The smallest absolute Gasteiger partial charge is 0.1000 e. The van der Waals surface area contributed by atoms with E-state index in [9.17, 15) is 0 Å². The Morgan fingerprint density at radius 1 is 0.842 bits per heavy atom. The highest BCUT2D eigenvalue weighted by atomic mass is 28.2. The lowest BCUT2D eigenvalue weighted by atomic mass is 9.68. The van der Waals surface area contributed by atoms with Crippen LogP contribution in [0.25, 0.3) is 5.57 Å². The van der Waals surface area contributed by atoms with Crippen molar-refractivity contribution in [1.29, 1.82) is 0 Å². The van der Waals surface area contributed by atoms with Crippen LogP contribution in [0.4, 0.5) is 0 Å². The molecule has 0 spiro atoms. The van der Waals surface area contributed by atoms with E-state index in [-0.39, 0.29) is 21.9 Å². The summed E-state index contributed by atoms with van der Waals surface area (Å²) in [4.78, 5) is 0. The van der Waals surface area contributed by atoms with Crippen molar-refractivity contribution in [2.45, 2.75) is 155 Å². The van der Waals surface area contributed by atoms with Crippen LogP contribution in [-0.2, 0) is 10.8 Å². The van der Waals surface area contributed by atoms with Gasteiger partial charge in [0, 0.05) is 16.5 Å². The molecule has 38 heavy (non-hydrogen) atoms. The Morgan fingerprint density at radius 3 is 1.97 bits per heavy atom. The monoisotopic (exact) mass is 533 g/mol. The first-order valence-corrected chi connectivity index (χ1v) is 17.5. The van der Waals surface area contributed by atoms with Crippen LogP contribution < -0.4 is 0 Å². The fourth-order valence-electron chi connectivity index (χ4n) is 8.24. The first-order valence-electron chi connectivity index (χ1n) is 16.0. The van der Waals surface area contributed by atoms with Gasteiger partial charge in [-0.3, -0.25) is 0 Å². The number of rotatable bonds is 8. The van der Waals surface area contributed by atoms with Gasteiger partial charge in [0.2, 0.25) is 0 Å². The summed E-state index contributed by atoms with van der Waals surface area (Å²) in [6, 6.07) is 7.59. The van der Waals surface area contributed by atoms with Crippen molar-refractivity contribution in [2.24, 2.45) is 11.8 Å². The van der Waals surface area contributed by atoms with E-state index in [4.69, 9.17) is 0 Å². The number of benzene rings is 1. The van der Waals surface area contributed by atoms with Crippen molar-refractivity contribution in [1.82, 2.24) is 4.57 Å². The van der Waals surface area contributed by atoms with Crippen molar-refractivity contribution < 1.29 is 0 Å². The van der Waals surface area contributed by atoms with E-state index in [1.807, 2.05) is 0 Å².